The van der Waals surface area contributed by atoms with Gasteiger partial charge >= 0.3 is 5.97 Å². The van der Waals surface area contributed by atoms with E-state index in [4.69, 9.17) is 9.47 Å². The fourth-order valence-corrected chi connectivity index (χ4v) is 2.75. The minimum Gasteiger partial charge on any atom is -0.471 e. The number of benzene rings is 1. The van der Waals surface area contributed by atoms with Gasteiger partial charge in [0.15, 0.2) is 0 Å². The number of hydrogen-bond donors (Lipinski definition) is 0. The molecule has 0 saturated carbocycles. The van der Waals surface area contributed by atoms with E-state index in [1.54, 1.807) is 47.8 Å². The van der Waals surface area contributed by atoms with E-state index < -0.39 is 0 Å². The molecule has 1 fully saturated rings. The van der Waals surface area contributed by atoms with Crippen LogP contribution in [0.2, 0.25) is 0 Å². The summed E-state index contributed by atoms with van der Waals surface area (Å²) >= 11 is 0. The zero-order valence-electron chi connectivity index (χ0n) is 13.9. The van der Waals surface area contributed by atoms with Crippen LogP contribution in [-0.4, -0.2) is 45.9 Å². The van der Waals surface area contributed by atoms with Gasteiger partial charge in [-0.1, -0.05) is 0 Å². The molecule has 1 amide bonds. The molecule has 1 unspecified atom stereocenters. The summed E-state index contributed by atoms with van der Waals surface area (Å²) in [5.74, 6) is 0.431. The van der Waals surface area contributed by atoms with Crippen LogP contribution in [-0.2, 0) is 4.79 Å². The van der Waals surface area contributed by atoms with E-state index in [0.29, 0.717) is 30.3 Å². The molecular formula is C18H19N3O4. The van der Waals surface area contributed by atoms with Gasteiger partial charge in [-0.2, -0.15) is 0 Å². The van der Waals surface area contributed by atoms with Crippen molar-refractivity contribution < 1.29 is 19.1 Å². The summed E-state index contributed by atoms with van der Waals surface area (Å²) in [4.78, 5) is 33.5. The van der Waals surface area contributed by atoms with Gasteiger partial charge in [-0.3, -0.25) is 14.6 Å². The van der Waals surface area contributed by atoms with Gasteiger partial charge in [0.25, 0.3) is 5.91 Å². The molecule has 1 aliphatic heterocycles. The lowest BCUT2D eigenvalue weighted by Gasteiger charge is -2.32. The predicted molar refractivity (Wildman–Crippen MR) is 89.3 cm³/mol. The third kappa shape index (κ3) is 4.53. The first kappa shape index (κ1) is 16.9. The zero-order valence-corrected chi connectivity index (χ0v) is 13.9. The lowest BCUT2D eigenvalue weighted by atomic mass is 10.1. The van der Waals surface area contributed by atoms with Crippen LogP contribution in [0.25, 0.3) is 0 Å². The van der Waals surface area contributed by atoms with Crippen molar-refractivity contribution in [3.05, 3.63) is 48.4 Å². The number of piperidine rings is 1. The number of esters is 1. The first-order valence-corrected chi connectivity index (χ1v) is 8.12. The van der Waals surface area contributed by atoms with Crippen molar-refractivity contribution in [2.45, 2.75) is 25.9 Å². The molecule has 0 N–H and O–H groups in total. The van der Waals surface area contributed by atoms with Crippen LogP contribution in [0.5, 0.6) is 11.6 Å². The molecule has 1 saturated heterocycles. The Morgan fingerprint density at radius 2 is 2.00 bits per heavy atom. The maximum atomic E-state index is 12.7. The molecule has 7 heteroatoms. The van der Waals surface area contributed by atoms with Crippen LogP contribution in [0.1, 0.15) is 30.1 Å². The summed E-state index contributed by atoms with van der Waals surface area (Å²) in [5.41, 5.74) is 0.552. The fraction of sp³-hybridized carbons (Fsp3) is 0.333. The standard InChI is InChI=1S/C18H19N3O4/c1-13(22)24-15-6-4-14(5-7-15)18(23)21-10-2-3-16(12-21)25-17-11-19-8-9-20-17/h4-9,11,16H,2-3,10,12H2,1H3. The number of carbonyl (C=O) groups is 2. The third-order valence-electron chi connectivity index (χ3n) is 3.86. The average Bonchev–Trinajstić information content (AvgIpc) is 2.62. The molecular weight excluding hydrogens is 322 g/mol. The number of nitrogens with zero attached hydrogens (tertiary/aromatic N) is 3. The Balaban J connectivity index is 1.62. The van der Waals surface area contributed by atoms with Crippen molar-refractivity contribution in [3.8, 4) is 11.6 Å². The Labute approximate surface area is 145 Å². The van der Waals surface area contributed by atoms with Crippen LogP contribution >= 0.6 is 0 Å². The number of aromatic nitrogens is 2. The van der Waals surface area contributed by atoms with Gasteiger partial charge in [0.05, 0.1) is 12.7 Å². The van der Waals surface area contributed by atoms with E-state index in [2.05, 4.69) is 9.97 Å². The van der Waals surface area contributed by atoms with Crippen LogP contribution in [0.15, 0.2) is 42.9 Å². The van der Waals surface area contributed by atoms with Crippen molar-refractivity contribution >= 4 is 11.9 Å². The highest BCUT2D eigenvalue weighted by molar-refractivity contribution is 5.94. The lowest BCUT2D eigenvalue weighted by molar-refractivity contribution is -0.131. The van der Waals surface area contributed by atoms with Crippen molar-refractivity contribution in [2.24, 2.45) is 0 Å². The van der Waals surface area contributed by atoms with Crippen molar-refractivity contribution in [2.75, 3.05) is 13.1 Å². The molecule has 0 aliphatic carbocycles. The highest BCUT2D eigenvalue weighted by Gasteiger charge is 2.26. The first-order chi connectivity index (χ1) is 12.1. The molecule has 1 atom stereocenters. The van der Waals surface area contributed by atoms with Crippen molar-refractivity contribution in [1.29, 1.82) is 0 Å². The number of rotatable bonds is 4. The van der Waals surface area contributed by atoms with E-state index in [1.807, 2.05) is 0 Å². The summed E-state index contributed by atoms with van der Waals surface area (Å²) in [6, 6.07) is 6.56. The normalized spacial score (nSPS) is 17.0. The number of ether oxygens (including phenoxy) is 2. The Morgan fingerprint density at radius 1 is 1.20 bits per heavy atom. The van der Waals surface area contributed by atoms with Crippen LogP contribution in [0.3, 0.4) is 0 Å². The molecule has 2 aromatic rings. The number of likely N-dealkylation sites (tertiary alicyclic amines) is 1. The molecule has 2 heterocycles. The molecule has 1 aliphatic rings. The number of hydrogen-bond acceptors (Lipinski definition) is 6. The van der Waals surface area contributed by atoms with Crippen LogP contribution in [0, 0.1) is 0 Å². The Hall–Kier alpha value is -2.96. The lowest BCUT2D eigenvalue weighted by Crippen LogP contribution is -2.44. The second-order valence-electron chi connectivity index (χ2n) is 5.79. The van der Waals surface area contributed by atoms with Gasteiger partial charge in [0, 0.05) is 31.4 Å². The summed E-state index contributed by atoms with van der Waals surface area (Å²) < 4.78 is 10.8. The van der Waals surface area contributed by atoms with Gasteiger partial charge < -0.3 is 14.4 Å². The van der Waals surface area contributed by atoms with Gasteiger partial charge in [0.2, 0.25) is 5.88 Å². The van der Waals surface area contributed by atoms with E-state index in [-0.39, 0.29) is 18.0 Å². The smallest absolute Gasteiger partial charge is 0.308 e. The van der Waals surface area contributed by atoms with Crippen LogP contribution < -0.4 is 9.47 Å². The average molecular weight is 341 g/mol. The van der Waals surface area contributed by atoms with E-state index >= 15 is 0 Å². The Kier molecular flexibility index (Phi) is 5.23. The Bertz CT molecular complexity index is 734. The number of carbonyl (C=O) groups excluding carboxylic acids is 2. The van der Waals surface area contributed by atoms with Crippen LogP contribution in [0.4, 0.5) is 0 Å². The summed E-state index contributed by atoms with van der Waals surface area (Å²) in [6.07, 6.45) is 6.35. The zero-order chi connectivity index (χ0) is 17.6. The van der Waals surface area contributed by atoms with Crippen molar-refractivity contribution in [1.82, 2.24) is 14.9 Å². The monoisotopic (exact) mass is 341 g/mol. The quantitative estimate of drug-likeness (QED) is 0.626. The second-order valence-corrected chi connectivity index (χ2v) is 5.79. The molecule has 3 rings (SSSR count). The predicted octanol–water partition coefficient (Wildman–Crippen LogP) is 2.09. The minimum absolute atomic E-state index is 0.0678. The second kappa shape index (κ2) is 7.74. The summed E-state index contributed by atoms with van der Waals surface area (Å²) in [6.45, 7) is 2.52. The highest BCUT2D eigenvalue weighted by atomic mass is 16.5. The highest BCUT2D eigenvalue weighted by Crippen LogP contribution is 2.19. The molecule has 130 valence electrons. The summed E-state index contributed by atoms with van der Waals surface area (Å²) in [7, 11) is 0. The number of amides is 1. The fourth-order valence-electron chi connectivity index (χ4n) is 2.75. The van der Waals surface area contributed by atoms with E-state index in [1.165, 1.54) is 6.92 Å². The summed E-state index contributed by atoms with van der Waals surface area (Å²) in [5, 5.41) is 0. The third-order valence-corrected chi connectivity index (χ3v) is 3.86. The Morgan fingerprint density at radius 3 is 2.68 bits per heavy atom. The molecule has 1 aromatic heterocycles. The topological polar surface area (TPSA) is 81.6 Å². The SMILES string of the molecule is CC(=O)Oc1ccc(C(=O)N2CCCC(Oc3cnccn3)C2)cc1. The molecule has 0 bridgehead atoms. The van der Waals surface area contributed by atoms with Crippen molar-refractivity contribution in [3.63, 3.8) is 0 Å². The van der Waals surface area contributed by atoms with Gasteiger partial charge in [-0.05, 0) is 37.1 Å². The molecule has 0 spiro atoms. The van der Waals surface area contributed by atoms with Gasteiger partial charge in [-0.15, -0.1) is 0 Å². The largest absolute Gasteiger partial charge is 0.471 e. The minimum atomic E-state index is -0.390. The molecule has 25 heavy (non-hydrogen) atoms. The van der Waals surface area contributed by atoms with Gasteiger partial charge in [-0.25, -0.2) is 4.98 Å². The van der Waals surface area contributed by atoms with Gasteiger partial charge in [0.1, 0.15) is 11.9 Å². The molecule has 1 aromatic carbocycles. The maximum absolute atomic E-state index is 12.7. The van der Waals surface area contributed by atoms with E-state index in [9.17, 15) is 9.59 Å². The maximum Gasteiger partial charge on any atom is 0.308 e. The molecule has 7 nitrogen and oxygen atoms in total. The van der Waals surface area contributed by atoms with E-state index in [0.717, 1.165) is 12.8 Å². The first-order valence-electron chi connectivity index (χ1n) is 8.12. The molecule has 0 radical (unpaired) electrons.